The van der Waals surface area contributed by atoms with E-state index in [1.165, 1.54) is 65.0 Å². The summed E-state index contributed by atoms with van der Waals surface area (Å²) in [7, 11) is -3.70. The summed E-state index contributed by atoms with van der Waals surface area (Å²) in [5.41, 5.74) is 1.17. The van der Waals surface area contributed by atoms with Gasteiger partial charge in [-0.05, 0) is 60.3 Å². The van der Waals surface area contributed by atoms with Crippen molar-refractivity contribution in [2.45, 2.75) is 4.90 Å². The zero-order valence-corrected chi connectivity index (χ0v) is 18.3. The molecule has 0 bridgehead atoms. The van der Waals surface area contributed by atoms with Crippen molar-refractivity contribution in [3.63, 3.8) is 0 Å². The summed E-state index contributed by atoms with van der Waals surface area (Å²) >= 11 is 5.10. The molecule has 9 heteroatoms. The topological polar surface area (TPSA) is 78.5 Å². The van der Waals surface area contributed by atoms with Gasteiger partial charge in [0.1, 0.15) is 5.82 Å². The predicted octanol–water partition coefficient (Wildman–Crippen LogP) is 3.71. The molecule has 2 aromatic carbocycles. The van der Waals surface area contributed by atoms with Crippen molar-refractivity contribution < 1.29 is 17.6 Å². The Morgan fingerprint density at radius 3 is 2.16 bits per heavy atom. The van der Waals surface area contributed by atoms with Crippen LogP contribution in [-0.2, 0) is 14.8 Å². The molecule has 2 rings (SSSR count). The summed E-state index contributed by atoms with van der Waals surface area (Å²) in [5.74, 6) is -0.828. The molecule has 0 aliphatic carbocycles. The number of anilines is 1. The minimum atomic E-state index is -3.70. The van der Waals surface area contributed by atoms with Gasteiger partial charge in [-0.3, -0.25) is 10.1 Å². The molecule has 2 N–H and O–H groups in total. The Bertz CT molecular complexity index is 1070. The Balaban J connectivity index is 1.98. The second-order valence-electron chi connectivity index (χ2n) is 6.25. The first kappa shape index (κ1) is 24.1. The van der Waals surface area contributed by atoms with Crippen LogP contribution < -0.4 is 10.6 Å². The quantitative estimate of drug-likeness (QED) is 0.340. The lowest BCUT2D eigenvalue weighted by Gasteiger charge is -2.19. The fourth-order valence-electron chi connectivity index (χ4n) is 2.48. The maximum Gasteiger partial charge on any atom is 0.250 e. The molecule has 162 valence electrons. The average molecular weight is 460 g/mol. The Labute approximate surface area is 186 Å². The van der Waals surface area contributed by atoms with Gasteiger partial charge in [0.15, 0.2) is 5.11 Å². The van der Waals surface area contributed by atoms with Crippen LogP contribution in [0.15, 0.2) is 84.8 Å². The highest BCUT2D eigenvalue weighted by atomic mass is 32.2. The standard InChI is InChI=1S/C22H22FN3O3S2/c1-3-15-26(16-4-2)31(28,29)20-12-10-19(11-13-20)24-22(30)25-21(27)14-7-17-5-8-18(23)9-6-17/h3-14H,1-2,15-16H2,(H2,24,25,27,30). The second-order valence-corrected chi connectivity index (χ2v) is 8.60. The number of benzene rings is 2. The van der Waals surface area contributed by atoms with Gasteiger partial charge in [0.2, 0.25) is 15.9 Å². The molecule has 0 saturated carbocycles. The van der Waals surface area contributed by atoms with Crippen molar-refractivity contribution in [2.75, 3.05) is 18.4 Å². The Morgan fingerprint density at radius 2 is 1.61 bits per heavy atom. The van der Waals surface area contributed by atoms with E-state index in [1.54, 1.807) is 12.1 Å². The number of carbonyl (C=O) groups excluding carboxylic acids is 1. The second kappa shape index (κ2) is 11.3. The normalized spacial score (nSPS) is 11.3. The van der Waals surface area contributed by atoms with Gasteiger partial charge in [0.25, 0.3) is 0 Å². The zero-order chi connectivity index (χ0) is 22.9. The van der Waals surface area contributed by atoms with Crippen LogP contribution in [0, 0.1) is 5.82 Å². The van der Waals surface area contributed by atoms with Crippen LogP contribution in [0.1, 0.15) is 5.56 Å². The van der Waals surface area contributed by atoms with Crippen LogP contribution >= 0.6 is 12.2 Å². The summed E-state index contributed by atoms with van der Waals surface area (Å²) in [5, 5.41) is 5.34. The number of carbonyl (C=O) groups is 1. The van der Waals surface area contributed by atoms with Crippen LogP contribution in [0.4, 0.5) is 10.1 Å². The molecule has 6 nitrogen and oxygen atoms in total. The monoisotopic (exact) mass is 459 g/mol. The Hall–Kier alpha value is -3.14. The van der Waals surface area contributed by atoms with Crippen molar-refractivity contribution in [1.29, 1.82) is 0 Å². The lowest BCUT2D eigenvalue weighted by Crippen LogP contribution is -2.33. The number of rotatable bonds is 9. The van der Waals surface area contributed by atoms with Crippen molar-refractivity contribution in [3.8, 4) is 0 Å². The molecule has 0 heterocycles. The first-order valence-corrected chi connectivity index (χ1v) is 11.0. The minimum absolute atomic E-state index is 0.0457. The van der Waals surface area contributed by atoms with Crippen LogP contribution in [0.25, 0.3) is 6.08 Å². The van der Waals surface area contributed by atoms with Gasteiger partial charge in [0, 0.05) is 24.9 Å². The maximum atomic E-state index is 12.9. The van der Waals surface area contributed by atoms with Crippen LogP contribution in [-0.4, -0.2) is 36.8 Å². The highest BCUT2D eigenvalue weighted by Crippen LogP contribution is 2.18. The summed E-state index contributed by atoms with van der Waals surface area (Å²) in [4.78, 5) is 12.1. The van der Waals surface area contributed by atoms with Crippen molar-refractivity contribution in [3.05, 3.63) is 91.3 Å². The summed E-state index contributed by atoms with van der Waals surface area (Å²) in [6.45, 7) is 7.48. The Kier molecular flexibility index (Phi) is 8.80. The molecule has 0 spiro atoms. The molecule has 0 aromatic heterocycles. The zero-order valence-electron chi connectivity index (χ0n) is 16.6. The van der Waals surface area contributed by atoms with Crippen molar-refractivity contribution in [1.82, 2.24) is 9.62 Å². The molecule has 0 radical (unpaired) electrons. The van der Waals surface area contributed by atoms with E-state index in [0.29, 0.717) is 11.3 Å². The molecule has 2 aromatic rings. The van der Waals surface area contributed by atoms with Gasteiger partial charge in [-0.15, -0.1) is 13.2 Å². The van der Waals surface area contributed by atoms with E-state index in [2.05, 4.69) is 23.8 Å². The summed E-state index contributed by atoms with van der Waals surface area (Å²) < 4.78 is 39.5. The van der Waals surface area contributed by atoms with Crippen LogP contribution in [0.5, 0.6) is 0 Å². The van der Waals surface area contributed by atoms with E-state index >= 15 is 0 Å². The molecule has 0 fully saturated rings. The number of sulfonamides is 1. The average Bonchev–Trinajstić information content (AvgIpc) is 2.73. The number of thiocarbonyl (C=S) groups is 1. The molecule has 31 heavy (non-hydrogen) atoms. The van der Waals surface area contributed by atoms with Gasteiger partial charge in [-0.2, -0.15) is 4.31 Å². The van der Waals surface area contributed by atoms with Gasteiger partial charge in [-0.1, -0.05) is 24.3 Å². The van der Waals surface area contributed by atoms with E-state index < -0.39 is 15.9 Å². The molecule has 0 unspecified atom stereocenters. The number of hydrogen-bond donors (Lipinski definition) is 2. The lowest BCUT2D eigenvalue weighted by molar-refractivity contribution is -0.115. The minimum Gasteiger partial charge on any atom is -0.332 e. The van der Waals surface area contributed by atoms with E-state index in [-0.39, 0.29) is 28.9 Å². The van der Waals surface area contributed by atoms with E-state index in [9.17, 15) is 17.6 Å². The van der Waals surface area contributed by atoms with E-state index in [0.717, 1.165) is 0 Å². The molecule has 0 aliphatic heterocycles. The van der Waals surface area contributed by atoms with Crippen LogP contribution in [0.2, 0.25) is 0 Å². The van der Waals surface area contributed by atoms with Gasteiger partial charge >= 0.3 is 0 Å². The van der Waals surface area contributed by atoms with E-state index in [4.69, 9.17) is 12.2 Å². The molecule has 1 amide bonds. The highest BCUT2D eigenvalue weighted by molar-refractivity contribution is 7.89. The fourth-order valence-corrected chi connectivity index (χ4v) is 4.08. The Morgan fingerprint density at radius 1 is 1.03 bits per heavy atom. The largest absolute Gasteiger partial charge is 0.332 e. The number of halogens is 1. The van der Waals surface area contributed by atoms with Gasteiger partial charge in [0.05, 0.1) is 4.90 Å². The molecular weight excluding hydrogens is 437 g/mol. The number of amides is 1. The third-order valence-electron chi connectivity index (χ3n) is 3.95. The van der Waals surface area contributed by atoms with Gasteiger partial charge < -0.3 is 5.32 Å². The van der Waals surface area contributed by atoms with E-state index in [1.807, 2.05) is 0 Å². The fraction of sp³-hybridized carbons (Fsp3) is 0.0909. The number of nitrogens with one attached hydrogen (secondary N) is 2. The van der Waals surface area contributed by atoms with Crippen LogP contribution in [0.3, 0.4) is 0 Å². The molecule has 0 aliphatic rings. The highest BCUT2D eigenvalue weighted by Gasteiger charge is 2.22. The first-order chi connectivity index (χ1) is 14.8. The SMILES string of the molecule is C=CCN(CC=C)S(=O)(=O)c1ccc(NC(=S)NC(=O)C=Cc2ccc(F)cc2)cc1. The third kappa shape index (κ3) is 7.25. The predicted molar refractivity (Wildman–Crippen MR) is 125 cm³/mol. The molecule has 0 saturated heterocycles. The third-order valence-corrected chi connectivity index (χ3v) is 6.00. The summed E-state index contributed by atoms with van der Waals surface area (Å²) in [6, 6.07) is 11.6. The maximum absolute atomic E-state index is 12.9. The molecular formula is C22H22FN3O3S2. The summed E-state index contributed by atoms with van der Waals surface area (Å²) in [6.07, 6.45) is 5.80. The number of nitrogens with zero attached hydrogens (tertiary/aromatic N) is 1. The lowest BCUT2D eigenvalue weighted by atomic mass is 10.2. The number of hydrogen-bond acceptors (Lipinski definition) is 4. The van der Waals surface area contributed by atoms with Gasteiger partial charge in [-0.25, -0.2) is 12.8 Å². The van der Waals surface area contributed by atoms with Crippen molar-refractivity contribution in [2.24, 2.45) is 0 Å². The van der Waals surface area contributed by atoms with Crippen molar-refractivity contribution >= 4 is 45.0 Å². The first-order valence-electron chi connectivity index (χ1n) is 9.14. The smallest absolute Gasteiger partial charge is 0.250 e. The molecule has 0 atom stereocenters.